The average molecular weight is 229 g/mol. The van der Waals surface area contributed by atoms with Crippen molar-refractivity contribution in [1.82, 2.24) is 4.90 Å². The van der Waals surface area contributed by atoms with Crippen molar-refractivity contribution in [3.63, 3.8) is 0 Å². The molecule has 2 aliphatic carbocycles. The summed E-state index contributed by atoms with van der Waals surface area (Å²) >= 11 is 0. The monoisotopic (exact) mass is 229 g/mol. The highest BCUT2D eigenvalue weighted by atomic mass is 16.2. The highest BCUT2D eigenvalue weighted by Gasteiger charge is 2.38. The van der Waals surface area contributed by atoms with Crippen LogP contribution in [0.5, 0.6) is 0 Å². The fourth-order valence-electron chi connectivity index (χ4n) is 2.95. The standard InChI is InChI=1S/C15H19NO/c1-11-4-3-9-16(11)15(17)8-7-12-5-2-6-13-10-14(12)13/h2,5-8,11,13-14H,3-4,9-10H2,1H3/b8-7+. The van der Waals surface area contributed by atoms with Crippen LogP contribution in [0.25, 0.3) is 0 Å². The van der Waals surface area contributed by atoms with Crippen LogP contribution in [-0.4, -0.2) is 23.4 Å². The zero-order valence-corrected chi connectivity index (χ0v) is 10.3. The predicted molar refractivity (Wildman–Crippen MR) is 68.4 cm³/mol. The van der Waals surface area contributed by atoms with E-state index in [-0.39, 0.29) is 5.91 Å². The number of hydrogen-bond acceptors (Lipinski definition) is 1. The second-order valence-electron chi connectivity index (χ2n) is 5.41. The molecule has 1 aliphatic heterocycles. The van der Waals surface area contributed by atoms with Crippen molar-refractivity contribution in [2.75, 3.05) is 6.54 Å². The van der Waals surface area contributed by atoms with E-state index in [0.29, 0.717) is 12.0 Å². The highest BCUT2D eigenvalue weighted by molar-refractivity contribution is 5.88. The Morgan fingerprint density at radius 1 is 1.53 bits per heavy atom. The Hall–Kier alpha value is -1.31. The van der Waals surface area contributed by atoms with E-state index >= 15 is 0 Å². The molecule has 2 nitrogen and oxygen atoms in total. The van der Waals surface area contributed by atoms with Gasteiger partial charge >= 0.3 is 0 Å². The molecule has 1 saturated heterocycles. The molecule has 17 heavy (non-hydrogen) atoms. The van der Waals surface area contributed by atoms with Gasteiger partial charge in [0, 0.05) is 18.7 Å². The van der Waals surface area contributed by atoms with Gasteiger partial charge in [-0.3, -0.25) is 4.79 Å². The molecule has 3 rings (SSSR count). The molecule has 1 saturated carbocycles. The molecule has 3 atom stereocenters. The second kappa shape index (κ2) is 4.17. The van der Waals surface area contributed by atoms with E-state index in [4.69, 9.17) is 0 Å². The Balaban J connectivity index is 1.64. The summed E-state index contributed by atoms with van der Waals surface area (Å²) in [6.45, 7) is 3.06. The van der Waals surface area contributed by atoms with Crippen LogP contribution >= 0.6 is 0 Å². The van der Waals surface area contributed by atoms with Crippen LogP contribution < -0.4 is 0 Å². The van der Waals surface area contributed by atoms with Gasteiger partial charge in [-0.05, 0) is 43.6 Å². The van der Waals surface area contributed by atoms with Gasteiger partial charge in [-0.2, -0.15) is 0 Å². The molecule has 0 N–H and O–H groups in total. The van der Waals surface area contributed by atoms with E-state index in [1.807, 2.05) is 11.0 Å². The van der Waals surface area contributed by atoms with Gasteiger partial charge in [0.25, 0.3) is 0 Å². The number of nitrogens with zero attached hydrogens (tertiary/aromatic N) is 1. The summed E-state index contributed by atoms with van der Waals surface area (Å²) in [5.41, 5.74) is 1.33. The molecular weight excluding hydrogens is 210 g/mol. The Labute approximate surface area is 103 Å². The Morgan fingerprint density at radius 2 is 2.41 bits per heavy atom. The number of allylic oxidation sites excluding steroid dienone is 5. The van der Waals surface area contributed by atoms with Crippen LogP contribution in [0.4, 0.5) is 0 Å². The lowest BCUT2D eigenvalue weighted by atomic mass is 10.0. The molecule has 0 aromatic heterocycles. The first-order valence-electron chi connectivity index (χ1n) is 6.63. The molecule has 0 spiro atoms. The van der Waals surface area contributed by atoms with Gasteiger partial charge in [0.2, 0.25) is 5.91 Å². The maximum absolute atomic E-state index is 12.0. The summed E-state index contributed by atoms with van der Waals surface area (Å²) in [6, 6.07) is 0.418. The zero-order chi connectivity index (χ0) is 11.8. The largest absolute Gasteiger partial charge is 0.336 e. The van der Waals surface area contributed by atoms with Gasteiger partial charge in [-0.25, -0.2) is 0 Å². The van der Waals surface area contributed by atoms with Crippen molar-refractivity contribution in [2.24, 2.45) is 11.8 Å². The van der Waals surface area contributed by atoms with Crippen molar-refractivity contribution in [1.29, 1.82) is 0 Å². The maximum Gasteiger partial charge on any atom is 0.246 e. The first kappa shape index (κ1) is 10.8. The fourth-order valence-corrected chi connectivity index (χ4v) is 2.95. The minimum Gasteiger partial charge on any atom is -0.336 e. The molecule has 1 amide bonds. The third-order valence-corrected chi connectivity index (χ3v) is 4.17. The quantitative estimate of drug-likeness (QED) is 0.667. The van der Waals surface area contributed by atoms with Crippen LogP contribution in [0.1, 0.15) is 26.2 Å². The van der Waals surface area contributed by atoms with Gasteiger partial charge in [0.15, 0.2) is 0 Å². The summed E-state index contributed by atoms with van der Waals surface area (Å²) < 4.78 is 0. The van der Waals surface area contributed by atoms with Crippen LogP contribution in [0, 0.1) is 11.8 Å². The fraction of sp³-hybridized carbons (Fsp3) is 0.533. The van der Waals surface area contributed by atoms with Crippen molar-refractivity contribution in [2.45, 2.75) is 32.2 Å². The van der Waals surface area contributed by atoms with Crippen molar-refractivity contribution in [3.05, 3.63) is 36.0 Å². The number of carbonyl (C=O) groups is 1. The van der Waals surface area contributed by atoms with Gasteiger partial charge in [0.05, 0.1) is 0 Å². The smallest absolute Gasteiger partial charge is 0.246 e. The molecule has 2 heteroatoms. The van der Waals surface area contributed by atoms with E-state index in [2.05, 4.69) is 25.2 Å². The number of hydrogen-bond donors (Lipinski definition) is 0. The summed E-state index contributed by atoms with van der Waals surface area (Å²) in [5.74, 6) is 1.63. The van der Waals surface area contributed by atoms with Crippen LogP contribution in [0.3, 0.4) is 0 Å². The highest BCUT2D eigenvalue weighted by Crippen LogP contribution is 2.47. The van der Waals surface area contributed by atoms with Gasteiger partial charge < -0.3 is 4.90 Å². The lowest BCUT2D eigenvalue weighted by Crippen LogP contribution is -2.32. The summed E-state index contributed by atoms with van der Waals surface area (Å²) in [5, 5.41) is 0. The Morgan fingerprint density at radius 3 is 3.18 bits per heavy atom. The van der Waals surface area contributed by atoms with E-state index in [0.717, 1.165) is 25.3 Å². The number of amides is 1. The summed E-state index contributed by atoms with van der Waals surface area (Å²) in [7, 11) is 0. The molecule has 3 aliphatic rings. The minimum atomic E-state index is 0.183. The van der Waals surface area contributed by atoms with Crippen molar-refractivity contribution in [3.8, 4) is 0 Å². The summed E-state index contributed by atoms with van der Waals surface area (Å²) in [6.07, 6.45) is 13.9. The molecule has 0 aromatic rings. The molecule has 90 valence electrons. The van der Waals surface area contributed by atoms with E-state index in [9.17, 15) is 4.79 Å². The Kier molecular flexibility index (Phi) is 2.65. The topological polar surface area (TPSA) is 20.3 Å². The van der Waals surface area contributed by atoms with E-state index < -0.39 is 0 Å². The first-order chi connectivity index (χ1) is 8.25. The zero-order valence-electron chi connectivity index (χ0n) is 10.3. The van der Waals surface area contributed by atoms with Gasteiger partial charge in [0.1, 0.15) is 0 Å². The SMILES string of the molecule is CC1CCCN1C(=O)/C=C/C1=CC=CC2CC12. The lowest BCUT2D eigenvalue weighted by molar-refractivity contribution is -0.126. The van der Waals surface area contributed by atoms with Crippen molar-refractivity contribution >= 4 is 5.91 Å². The molecule has 2 fully saturated rings. The first-order valence-corrected chi connectivity index (χ1v) is 6.63. The van der Waals surface area contributed by atoms with E-state index in [1.165, 1.54) is 12.0 Å². The van der Waals surface area contributed by atoms with E-state index in [1.54, 1.807) is 6.08 Å². The molecule has 0 bridgehead atoms. The molecular formula is C15H19NO. The van der Waals surface area contributed by atoms with Crippen LogP contribution in [-0.2, 0) is 4.79 Å². The third-order valence-electron chi connectivity index (χ3n) is 4.17. The normalized spacial score (nSPS) is 35.0. The molecule has 1 heterocycles. The number of likely N-dealkylation sites (tertiary alicyclic amines) is 1. The molecule has 0 aromatic carbocycles. The number of carbonyl (C=O) groups excluding carboxylic acids is 1. The molecule has 3 unspecified atom stereocenters. The molecule has 0 radical (unpaired) electrons. The van der Waals surface area contributed by atoms with Crippen LogP contribution in [0.15, 0.2) is 36.0 Å². The number of fused-ring (bicyclic) bond motifs is 1. The van der Waals surface area contributed by atoms with Crippen LogP contribution in [0.2, 0.25) is 0 Å². The van der Waals surface area contributed by atoms with Gasteiger partial charge in [-0.15, -0.1) is 0 Å². The lowest BCUT2D eigenvalue weighted by Gasteiger charge is -2.19. The van der Waals surface area contributed by atoms with Gasteiger partial charge in [-0.1, -0.05) is 24.3 Å². The summed E-state index contributed by atoms with van der Waals surface area (Å²) in [4.78, 5) is 14.0. The Bertz CT molecular complexity index is 419. The second-order valence-corrected chi connectivity index (χ2v) is 5.41. The average Bonchev–Trinajstić information content (AvgIpc) is 3.01. The number of rotatable bonds is 2. The predicted octanol–water partition coefficient (Wildman–Crippen LogP) is 2.69. The minimum absolute atomic E-state index is 0.183. The maximum atomic E-state index is 12.0. The third kappa shape index (κ3) is 2.08. The van der Waals surface area contributed by atoms with Crippen molar-refractivity contribution < 1.29 is 4.79 Å².